The van der Waals surface area contributed by atoms with Crippen LogP contribution in [-0.2, 0) is 14.3 Å². The summed E-state index contributed by atoms with van der Waals surface area (Å²) in [6.07, 6.45) is -0.326. The summed E-state index contributed by atoms with van der Waals surface area (Å²) in [5.74, 6) is 1.36. The zero-order valence-electron chi connectivity index (χ0n) is 13.0. The number of ether oxygens (including phenoxy) is 1. The van der Waals surface area contributed by atoms with Crippen molar-refractivity contribution >= 4 is 23.6 Å². The lowest BCUT2D eigenvalue weighted by Crippen LogP contribution is -2.49. The van der Waals surface area contributed by atoms with Crippen LogP contribution in [0.4, 0.5) is 0 Å². The number of aliphatic hydroxyl groups is 1. The molecule has 1 saturated heterocycles. The van der Waals surface area contributed by atoms with Gasteiger partial charge < -0.3 is 20.1 Å². The van der Waals surface area contributed by atoms with Crippen molar-refractivity contribution in [2.45, 2.75) is 39.3 Å². The van der Waals surface area contributed by atoms with Gasteiger partial charge in [0.2, 0.25) is 11.8 Å². The fourth-order valence-electron chi connectivity index (χ4n) is 1.94. The summed E-state index contributed by atoms with van der Waals surface area (Å²) in [6.45, 7) is 6.79. The quantitative estimate of drug-likeness (QED) is 0.679. The predicted molar refractivity (Wildman–Crippen MR) is 82.9 cm³/mol. The Morgan fingerprint density at radius 2 is 2.14 bits per heavy atom. The Kier molecular flexibility index (Phi) is 8.06. The van der Waals surface area contributed by atoms with Crippen molar-refractivity contribution < 1.29 is 19.4 Å². The normalized spacial score (nSPS) is 19.9. The van der Waals surface area contributed by atoms with E-state index >= 15 is 0 Å². The van der Waals surface area contributed by atoms with Crippen molar-refractivity contribution in [2.75, 3.05) is 31.4 Å². The molecule has 0 radical (unpaired) electrons. The second kappa shape index (κ2) is 9.27. The Labute approximate surface area is 130 Å². The number of nitrogens with one attached hydrogen (secondary N) is 1. The molecule has 1 fully saturated rings. The number of thioether (sulfide) groups is 1. The van der Waals surface area contributed by atoms with E-state index < -0.39 is 12.1 Å². The van der Waals surface area contributed by atoms with Crippen LogP contribution < -0.4 is 5.32 Å². The van der Waals surface area contributed by atoms with Crippen LogP contribution in [0, 0.1) is 5.92 Å². The van der Waals surface area contributed by atoms with Gasteiger partial charge in [-0.25, -0.2) is 0 Å². The molecular weight excluding hydrogens is 292 g/mol. The Morgan fingerprint density at radius 3 is 2.76 bits per heavy atom. The largest absolute Gasteiger partial charge is 0.389 e. The van der Waals surface area contributed by atoms with E-state index in [1.165, 1.54) is 0 Å². The summed E-state index contributed by atoms with van der Waals surface area (Å²) in [5.41, 5.74) is 0. The van der Waals surface area contributed by atoms with Crippen LogP contribution >= 0.6 is 11.8 Å². The second-order valence-electron chi connectivity index (χ2n) is 5.56. The van der Waals surface area contributed by atoms with E-state index in [1.54, 1.807) is 23.6 Å². The van der Waals surface area contributed by atoms with E-state index in [1.807, 2.05) is 13.8 Å². The third-order valence-corrected chi connectivity index (χ3v) is 4.09. The molecule has 0 unspecified atom stereocenters. The van der Waals surface area contributed by atoms with Crippen LogP contribution in [0.5, 0.6) is 0 Å². The van der Waals surface area contributed by atoms with Gasteiger partial charge in [0.05, 0.1) is 18.6 Å². The number of rotatable bonds is 8. The van der Waals surface area contributed by atoms with Crippen molar-refractivity contribution in [3.05, 3.63) is 0 Å². The van der Waals surface area contributed by atoms with Crippen LogP contribution in [0.3, 0.4) is 0 Å². The molecule has 122 valence electrons. The SMILES string of the molecule is CCC(=O)N1CSC[C@H]1C(=O)NC[C@@H](O)COCC(C)C. The fraction of sp³-hybridized carbons (Fsp3) is 0.857. The highest BCUT2D eigenvalue weighted by Gasteiger charge is 2.33. The average molecular weight is 318 g/mol. The van der Waals surface area contributed by atoms with Gasteiger partial charge in [0.15, 0.2) is 0 Å². The smallest absolute Gasteiger partial charge is 0.243 e. The zero-order chi connectivity index (χ0) is 15.8. The molecule has 0 saturated carbocycles. The third kappa shape index (κ3) is 6.23. The van der Waals surface area contributed by atoms with Crippen molar-refractivity contribution in [1.82, 2.24) is 10.2 Å². The molecule has 1 aliphatic rings. The molecule has 1 rings (SSSR count). The average Bonchev–Trinajstić information content (AvgIpc) is 2.93. The number of nitrogens with zero attached hydrogens (tertiary/aromatic N) is 1. The topological polar surface area (TPSA) is 78.9 Å². The van der Waals surface area contributed by atoms with Crippen LogP contribution in [0.2, 0.25) is 0 Å². The molecule has 1 aliphatic heterocycles. The molecule has 2 N–H and O–H groups in total. The number of hydrogen-bond acceptors (Lipinski definition) is 5. The van der Waals surface area contributed by atoms with E-state index in [9.17, 15) is 14.7 Å². The minimum atomic E-state index is -0.725. The van der Waals surface area contributed by atoms with E-state index in [4.69, 9.17) is 4.74 Å². The van der Waals surface area contributed by atoms with E-state index in [-0.39, 0.29) is 25.0 Å². The summed E-state index contributed by atoms with van der Waals surface area (Å²) in [7, 11) is 0. The standard InChI is InChI=1S/C14H26N2O4S/c1-4-13(18)16-9-21-8-12(16)14(19)15-5-11(17)7-20-6-10(2)3/h10-12,17H,4-9H2,1-3H3,(H,15,19)/t11-,12+/m1/s1. The molecule has 0 bridgehead atoms. The van der Waals surface area contributed by atoms with Gasteiger partial charge in [0, 0.05) is 25.3 Å². The van der Waals surface area contributed by atoms with Gasteiger partial charge in [-0.05, 0) is 5.92 Å². The van der Waals surface area contributed by atoms with Crippen LogP contribution in [0.15, 0.2) is 0 Å². The van der Waals surface area contributed by atoms with Crippen LogP contribution in [0.25, 0.3) is 0 Å². The van der Waals surface area contributed by atoms with Gasteiger partial charge >= 0.3 is 0 Å². The first kappa shape index (κ1) is 18.3. The number of hydrogen-bond donors (Lipinski definition) is 2. The third-order valence-electron chi connectivity index (χ3n) is 3.08. The van der Waals surface area contributed by atoms with E-state index in [2.05, 4.69) is 5.32 Å². The fourth-order valence-corrected chi connectivity index (χ4v) is 3.12. The van der Waals surface area contributed by atoms with Gasteiger partial charge in [0.1, 0.15) is 6.04 Å². The number of amides is 2. The monoisotopic (exact) mass is 318 g/mol. The van der Waals surface area contributed by atoms with Crippen molar-refractivity contribution in [3.8, 4) is 0 Å². The van der Waals surface area contributed by atoms with Crippen LogP contribution in [-0.4, -0.2) is 65.4 Å². The first-order valence-electron chi connectivity index (χ1n) is 7.36. The lowest BCUT2D eigenvalue weighted by Gasteiger charge is -2.23. The second-order valence-corrected chi connectivity index (χ2v) is 6.56. The Morgan fingerprint density at radius 1 is 1.43 bits per heavy atom. The van der Waals surface area contributed by atoms with E-state index in [0.717, 1.165) is 0 Å². The molecule has 1 heterocycles. The van der Waals surface area contributed by atoms with Crippen LogP contribution in [0.1, 0.15) is 27.2 Å². The summed E-state index contributed by atoms with van der Waals surface area (Å²) in [6, 6.07) is -0.425. The predicted octanol–water partition coefficient (Wildman–Crippen LogP) is 0.448. The lowest BCUT2D eigenvalue weighted by molar-refractivity contribution is -0.138. The van der Waals surface area contributed by atoms with Crippen molar-refractivity contribution in [2.24, 2.45) is 5.92 Å². The van der Waals surface area contributed by atoms with E-state index in [0.29, 0.717) is 30.6 Å². The maximum absolute atomic E-state index is 12.1. The maximum atomic E-state index is 12.1. The zero-order valence-corrected chi connectivity index (χ0v) is 13.8. The molecule has 0 aromatic rings. The lowest BCUT2D eigenvalue weighted by atomic mass is 10.2. The van der Waals surface area contributed by atoms with Gasteiger partial charge in [-0.3, -0.25) is 9.59 Å². The van der Waals surface area contributed by atoms with Crippen molar-refractivity contribution in [3.63, 3.8) is 0 Å². The van der Waals surface area contributed by atoms with Gasteiger partial charge in [0.25, 0.3) is 0 Å². The minimum Gasteiger partial charge on any atom is -0.389 e. The molecule has 0 spiro atoms. The molecule has 2 atom stereocenters. The summed E-state index contributed by atoms with van der Waals surface area (Å²) in [4.78, 5) is 25.4. The number of carbonyl (C=O) groups excluding carboxylic acids is 2. The molecule has 0 aromatic carbocycles. The van der Waals surface area contributed by atoms with Gasteiger partial charge in [-0.15, -0.1) is 11.8 Å². The minimum absolute atomic E-state index is 0.0130. The molecule has 21 heavy (non-hydrogen) atoms. The summed E-state index contributed by atoms with van der Waals surface area (Å²) in [5, 5.41) is 12.4. The Bertz CT molecular complexity index is 352. The molecular formula is C14H26N2O4S. The summed E-state index contributed by atoms with van der Waals surface area (Å²) < 4.78 is 5.32. The van der Waals surface area contributed by atoms with Gasteiger partial charge in [-0.2, -0.15) is 0 Å². The van der Waals surface area contributed by atoms with Crippen molar-refractivity contribution in [1.29, 1.82) is 0 Å². The highest BCUT2D eigenvalue weighted by Crippen LogP contribution is 2.21. The maximum Gasteiger partial charge on any atom is 0.243 e. The number of carbonyl (C=O) groups is 2. The first-order chi connectivity index (χ1) is 9.95. The first-order valence-corrected chi connectivity index (χ1v) is 8.51. The molecule has 7 heteroatoms. The molecule has 0 aromatic heterocycles. The summed E-state index contributed by atoms with van der Waals surface area (Å²) >= 11 is 1.57. The van der Waals surface area contributed by atoms with Gasteiger partial charge in [-0.1, -0.05) is 20.8 Å². The molecule has 2 amide bonds. The number of aliphatic hydroxyl groups excluding tert-OH is 1. The Hall–Kier alpha value is -0.790. The molecule has 0 aliphatic carbocycles. The highest BCUT2D eigenvalue weighted by molar-refractivity contribution is 7.99. The highest BCUT2D eigenvalue weighted by atomic mass is 32.2. The Balaban J connectivity index is 2.31. The molecule has 6 nitrogen and oxygen atoms in total.